The number of pyridine rings is 1. The predicted molar refractivity (Wildman–Crippen MR) is 77.0 cm³/mol. The summed E-state index contributed by atoms with van der Waals surface area (Å²) in [5.74, 6) is -0.210. The minimum absolute atomic E-state index is 0.0387. The number of nitrogens with zero attached hydrogens (tertiary/aromatic N) is 2. The second-order valence-corrected chi connectivity index (χ2v) is 4.90. The number of hydrogen-bond donors (Lipinski definition) is 2. The average Bonchev–Trinajstić information content (AvgIpc) is 2.39. The molecule has 1 rings (SSSR count). The van der Waals surface area contributed by atoms with Gasteiger partial charge in [0.1, 0.15) is 0 Å². The van der Waals surface area contributed by atoms with Crippen molar-refractivity contribution in [2.24, 2.45) is 0 Å². The summed E-state index contributed by atoms with van der Waals surface area (Å²) in [6.45, 7) is 4.09. The lowest BCUT2D eigenvalue weighted by Gasteiger charge is -2.22. The minimum atomic E-state index is -0.363. The Balaban J connectivity index is 3.06. The third-order valence-electron chi connectivity index (χ3n) is 3.23. The fraction of sp³-hybridized carbons (Fsp3) is 0.643. The number of aromatic hydroxyl groups is 1. The largest absolute Gasteiger partial charge is 0.503 e. The first-order valence-corrected chi connectivity index (χ1v) is 6.71. The molecule has 6 heteroatoms. The van der Waals surface area contributed by atoms with Crippen molar-refractivity contribution in [1.82, 2.24) is 9.47 Å². The van der Waals surface area contributed by atoms with Gasteiger partial charge in [-0.15, -0.1) is 0 Å². The standard InChI is InChI=1S/C14H24N2O4/c1-11-9-13(18)14(19)12(10-15(2)6-7-17)16(11)5-4-8-20-3/h9,17,19H,4-8,10H2,1-3H3. The Labute approximate surface area is 119 Å². The van der Waals surface area contributed by atoms with Crippen LogP contribution in [0.15, 0.2) is 10.9 Å². The molecule has 0 atom stereocenters. The molecule has 0 saturated carbocycles. The van der Waals surface area contributed by atoms with E-state index in [1.54, 1.807) is 7.11 Å². The van der Waals surface area contributed by atoms with Gasteiger partial charge in [-0.2, -0.15) is 0 Å². The zero-order chi connectivity index (χ0) is 15.1. The van der Waals surface area contributed by atoms with Crippen LogP contribution in [-0.2, 0) is 17.8 Å². The third-order valence-corrected chi connectivity index (χ3v) is 3.23. The number of hydrogen-bond acceptors (Lipinski definition) is 5. The second-order valence-electron chi connectivity index (χ2n) is 4.90. The van der Waals surface area contributed by atoms with Gasteiger partial charge in [-0.25, -0.2) is 0 Å². The van der Waals surface area contributed by atoms with Gasteiger partial charge in [0, 0.05) is 45.1 Å². The smallest absolute Gasteiger partial charge is 0.223 e. The molecule has 2 N–H and O–H groups in total. The van der Waals surface area contributed by atoms with Crippen LogP contribution in [0.5, 0.6) is 5.75 Å². The van der Waals surface area contributed by atoms with Gasteiger partial charge in [0.05, 0.1) is 12.3 Å². The molecule has 0 radical (unpaired) electrons. The van der Waals surface area contributed by atoms with Crippen LogP contribution < -0.4 is 5.43 Å². The van der Waals surface area contributed by atoms with E-state index < -0.39 is 0 Å². The summed E-state index contributed by atoms with van der Waals surface area (Å²) in [6.07, 6.45) is 0.802. The molecule has 0 amide bonds. The number of aliphatic hydroxyl groups is 1. The minimum Gasteiger partial charge on any atom is -0.503 e. The van der Waals surface area contributed by atoms with E-state index in [9.17, 15) is 9.90 Å². The quantitative estimate of drug-likeness (QED) is 0.673. The van der Waals surface area contributed by atoms with E-state index in [2.05, 4.69) is 0 Å². The number of ether oxygens (including phenoxy) is 1. The molecule has 0 aromatic carbocycles. The van der Waals surface area contributed by atoms with Gasteiger partial charge in [0.25, 0.3) is 0 Å². The maximum absolute atomic E-state index is 11.7. The Morgan fingerprint density at radius 2 is 2.15 bits per heavy atom. The number of aryl methyl sites for hydroxylation is 1. The number of methoxy groups -OCH3 is 1. The van der Waals surface area contributed by atoms with Gasteiger partial charge in [0.2, 0.25) is 5.43 Å². The summed E-state index contributed by atoms with van der Waals surface area (Å²) < 4.78 is 6.97. The van der Waals surface area contributed by atoms with Crippen molar-refractivity contribution in [2.75, 3.05) is 33.9 Å². The van der Waals surface area contributed by atoms with Gasteiger partial charge >= 0.3 is 0 Å². The second kappa shape index (κ2) is 8.04. The molecule has 0 aliphatic rings. The molecule has 20 heavy (non-hydrogen) atoms. The number of rotatable bonds is 8. The number of aromatic nitrogens is 1. The zero-order valence-electron chi connectivity index (χ0n) is 12.4. The molecule has 1 aromatic rings. The van der Waals surface area contributed by atoms with Gasteiger partial charge in [-0.1, -0.05) is 0 Å². The van der Waals surface area contributed by atoms with E-state index in [0.29, 0.717) is 31.9 Å². The molecular formula is C14H24N2O4. The summed E-state index contributed by atoms with van der Waals surface area (Å²) in [4.78, 5) is 13.6. The van der Waals surface area contributed by atoms with Crippen LogP contribution >= 0.6 is 0 Å². The van der Waals surface area contributed by atoms with E-state index in [4.69, 9.17) is 9.84 Å². The first kappa shape index (κ1) is 16.7. The fourth-order valence-electron chi connectivity index (χ4n) is 2.16. The maximum Gasteiger partial charge on any atom is 0.223 e. The molecule has 1 aromatic heterocycles. The molecule has 0 spiro atoms. The van der Waals surface area contributed by atoms with Crippen molar-refractivity contribution < 1.29 is 14.9 Å². The molecule has 0 bridgehead atoms. The van der Waals surface area contributed by atoms with Crippen LogP contribution in [0.25, 0.3) is 0 Å². The summed E-state index contributed by atoms with van der Waals surface area (Å²) in [6, 6.07) is 1.44. The number of likely N-dealkylation sites (N-methyl/N-ethyl adjacent to an activating group) is 1. The first-order valence-electron chi connectivity index (χ1n) is 6.71. The Hall–Kier alpha value is -1.37. The van der Waals surface area contributed by atoms with Crippen LogP contribution in [-0.4, -0.2) is 53.6 Å². The third kappa shape index (κ3) is 4.33. The molecule has 6 nitrogen and oxygen atoms in total. The topological polar surface area (TPSA) is 74.9 Å². The molecule has 0 aliphatic heterocycles. The van der Waals surface area contributed by atoms with E-state index in [0.717, 1.165) is 12.1 Å². The SMILES string of the molecule is COCCCn1c(C)cc(=O)c(O)c1CN(C)CCO. The predicted octanol–water partition coefficient (Wildman–Crippen LogP) is 0.323. The summed E-state index contributed by atoms with van der Waals surface area (Å²) in [5, 5.41) is 19.0. The van der Waals surface area contributed by atoms with Gasteiger partial charge in [0.15, 0.2) is 5.75 Å². The van der Waals surface area contributed by atoms with Crippen molar-refractivity contribution in [2.45, 2.75) is 26.4 Å². The highest BCUT2D eigenvalue weighted by Crippen LogP contribution is 2.16. The van der Waals surface area contributed by atoms with Gasteiger partial charge < -0.3 is 19.5 Å². The molecule has 0 aliphatic carbocycles. The lowest BCUT2D eigenvalue weighted by Crippen LogP contribution is -2.26. The van der Waals surface area contributed by atoms with E-state index in [-0.39, 0.29) is 17.8 Å². The van der Waals surface area contributed by atoms with Crippen LogP contribution in [0, 0.1) is 6.92 Å². The molecule has 0 unspecified atom stereocenters. The molecule has 114 valence electrons. The summed E-state index contributed by atoms with van der Waals surface area (Å²) in [7, 11) is 3.48. The van der Waals surface area contributed by atoms with E-state index in [1.807, 2.05) is 23.4 Å². The lowest BCUT2D eigenvalue weighted by molar-refractivity contribution is 0.187. The Morgan fingerprint density at radius 3 is 2.75 bits per heavy atom. The maximum atomic E-state index is 11.7. The van der Waals surface area contributed by atoms with Crippen molar-refractivity contribution >= 4 is 0 Å². The average molecular weight is 284 g/mol. The Bertz CT molecular complexity index is 485. The van der Waals surface area contributed by atoms with Crippen LogP contribution in [0.2, 0.25) is 0 Å². The van der Waals surface area contributed by atoms with Gasteiger partial charge in [-0.3, -0.25) is 9.69 Å². The highest BCUT2D eigenvalue weighted by Gasteiger charge is 2.14. The fourth-order valence-corrected chi connectivity index (χ4v) is 2.16. The molecular weight excluding hydrogens is 260 g/mol. The molecule has 1 heterocycles. The van der Waals surface area contributed by atoms with Crippen LogP contribution in [0.3, 0.4) is 0 Å². The Kier molecular flexibility index (Phi) is 6.70. The summed E-state index contributed by atoms with van der Waals surface area (Å²) >= 11 is 0. The Morgan fingerprint density at radius 1 is 1.45 bits per heavy atom. The van der Waals surface area contributed by atoms with E-state index in [1.165, 1.54) is 6.07 Å². The van der Waals surface area contributed by atoms with Crippen molar-refractivity contribution in [3.63, 3.8) is 0 Å². The normalized spacial score (nSPS) is 11.2. The lowest BCUT2D eigenvalue weighted by atomic mass is 10.2. The highest BCUT2D eigenvalue weighted by atomic mass is 16.5. The monoisotopic (exact) mass is 284 g/mol. The van der Waals surface area contributed by atoms with Crippen molar-refractivity contribution in [3.8, 4) is 5.75 Å². The highest BCUT2D eigenvalue weighted by molar-refractivity contribution is 5.29. The van der Waals surface area contributed by atoms with Crippen molar-refractivity contribution in [1.29, 1.82) is 0 Å². The van der Waals surface area contributed by atoms with Crippen molar-refractivity contribution in [3.05, 3.63) is 27.7 Å². The zero-order valence-corrected chi connectivity index (χ0v) is 12.4. The molecule has 0 fully saturated rings. The van der Waals surface area contributed by atoms with Crippen LogP contribution in [0.1, 0.15) is 17.8 Å². The van der Waals surface area contributed by atoms with Gasteiger partial charge in [-0.05, 0) is 20.4 Å². The van der Waals surface area contributed by atoms with E-state index >= 15 is 0 Å². The molecule has 0 saturated heterocycles. The number of aliphatic hydroxyl groups excluding tert-OH is 1. The first-order chi connectivity index (χ1) is 9.51. The van der Waals surface area contributed by atoms with Crippen LogP contribution in [0.4, 0.5) is 0 Å². The summed E-state index contributed by atoms with van der Waals surface area (Å²) in [5.41, 5.74) is 1.04.